The van der Waals surface area contributed by atoms with Gasteiger partial charge in [-0.3, -0.25) is 0 Å². The van der Waals surface area contributed by atoms with E-state index in [4.69, 9.17) is 33.7 Å². The number of β-amino-alcohol motifs (C(OH)–C–C–N with tert-alkyl or cyclic N) is 1. The molecule has 9 heteroatoms. The van der Waals surface area contributed by atoms with Crippen LogP contribution in [0.1, 0.15) is 5.82 Å². The predicted molar refractivity (Wildman–Crippen MR) is 101 cm³/mol. The number of hydrogen-bond donors (Lipinski definition) is 2. The maximum atomic E-state index is 9.74. The van der Waals surface area contributed by atoms with E-state index in [0.717, 1.165) is 13.1 Å². The number of rotatable bonds is 7. The van der Waals surface area contributed by atoms with Gasteiger partial charge in [0.25, 0.3) is 0 Å². The van der Waals surface area contributed by atoms with Gasteiger partial charge in [0, 0.05) is 38.7 Å². The summed E-state index contributed by atoms with van der Waals surface area (Å²) in [7, 11) is 1.58. The first-order valence-corrected chi connectivity index (χ1v) is 9.06. The van der Waals surface area contributed by atoms with E-state index in [1.54, 1.807) is 25.3 Å². The van der Waals surface area contributed by atoms with Crippen molar-refractivity contribution < 1.29 is 9.84 Å². The molecule has 1 fully saturated rings. The minimum atomic E-state index is -0.462. The SMILES string of the molecule is COC[C@@H](O)CN1CC(Cc2nnc(-c3cccc(Cl)c3Cl)c(N)n2)C1. The molecule has 3 N–H and O–H groups in total. The van der Waals surface area contributed by atoms with Gasteiger partial charge < -0.3 is 20.5 Å². The number of nitrogens with two attached hydrogens (primary N) is 1. The average molecular weight is 398 g/mol. The number of aromatic nitrogens is 3. The molecule has 1 saturated heterocycles. The first-order chi connectivity index (χ1) is 12.5. The second kappa shape index (κ2) is 8.45. The maximum absolute atomic E-state index is 9.74. The second-order valence-corrected chi connectivity index (χ2v) is 7.25. The number of anilines is 1. The molecule has 2 aromatic rings. The zero-order valence-electron chi connectivity index (χ0n) is 14.4. The van der Waals surface area contributed by atoms with E-state index in [9.17, 15) is 5.11 Å². The van der Waals surface area contributed by atoms with Crippen LogP contribution < -0.4 is 5.73 Å². The molecular weight excluding hydrogens is 377 g/mol. The lowest BCUT2D eigenvalue weighted by molar-refractivity contribution is 0.00292. The Morgan fingerprint density at radius 3 is 2.81 bits per heavy atom. The van der Waals surface area contributed by atoms with E-state index in [2.05, 4.69) is 20.1 Å². The van der Waals surface area contributed by atoms with E-state index < -0.39 is 6.10 Å². The molecule has 26 heavy (non-hydrogen) atoms. The number of likely N-dealkylation sites (tertiary alicyclic amines) is 1. The van der Waals surface area contributed by atoms with Crippen molar-refractivity contribution in [1.29, 1.82) is 0 Å². The molecule has 0 spiro atoms. The van der Waals surface area contributed by atoms with Crippen molar-refractivity contribution in [3.05, 3.63) is 34.1 Å². The minimum absolute atomic E-state index is 0.283. The quantitative estimate of drug-likeness (QED) is 0.735. The highest BCUT2D eigenvalue weighted by Gasteiger charge is 2.29. The van der Waals surface area contributed by atoms with Crippen molar-refractivity contribution in [2.45, 2.75) is 12.5 Å². The monoisotopic (exact) mass is 397 g/mol. The summed E-state index contributed by atoms with van der Waals surface area (Å²) in [6.07, 6.45) is 0.230. The molecule has 1 aliphatic heterocycles. The number of halogens is 2. The molecule has 7 nitrogen and oxygen atoms in total. The first-order valence-electron chi connectivity index (χ1n) is 8.30. The van der Waals surface area contributed by atoms with Crippen LogP contribution in [0.3, 0.4) is 0 Å². The second-order valence-electron chi connectivity index (χ2n) is 6.46. The average Bonchev–Trinajstić information content (AvgIpc) is 2.56. The van der Waals surface area contributed by atoms with E-state index in [1.807, 2.05) is 0 Å². The van der Waals surface area contributed by atoms with Gasteiger partial charge in [0.2, 0.25) is 0 Å². The fourth-order valence-corrected chi connectivity index (χ4v) is 3.48. The molecule has 1 aromatic carbocycles. The Bertz CT molecular complexity index is 771. The maximum Gasteiger partial charge on any atom is 0.154 e. The standard InChI is InChI=1S/C17H21Cl2N5O2/c1-26-9-11(25)8-24-6-10(7-24)5-14-21-17(20)16(23-22-14)12-3-2-4-13(18)15(12)19/h2-4,10-11,25H,5-9H2,1H3,(H2,20,21,22)/t11-/m0/s1. The zero-order valence-corrected chi connectivity index (χ0v) is 15.9. The molecule has 140 valence electrons. The van der Waals surface area contributed by atoms with Gasteiger partial charge in [0.15, 0.2) is 11.6 Å². The summed E-state index contributed by atoms with van der Waals surface area (Å²) in [6, 6.07) is 5.26. The molecule has 3 rings (SSSR count). The van der Waals surface area contributed by atoms with Crippen molar-refractivity contribution in [3.63, 3.8) is 0 Å². The first kappa shape index (κ1) is 19.3. The van der Waals surface area contributed by atoms with Gasteiger partial charge in [-0.1, -0.05) is 35.3 Å². The van der Waals surface area contributed by atoms with E-state index >= 15 is 0 Å². The Hall–Kier alpha value is -1.51. The number of aliphatic hydroxyl groups is 1. The summed E-state index contributed by atoms with van der Waals surface area (Å²) < 4.78 is 4.94. The molecule has 0 saturated carbocycles. The van der Waals surface area contributed by atoms with Crippen molar-refractivity contribution in [1.82, 2.24) is 20.1 Å². The summed E-state index contributed by atoms with van der Waals surface area (Å²) in [6.45, 7) is 2.72. The molecule has 0 unspecified atom stereocenters. The molecule has 0 aliphatic carbocycles. The lowest BCUT2D eigenvalue weighted by atomic mass is 9.95. The van der Waals surface area contributed by atoms with Crippen LogP contribution in [0.2, 0.25) is 10.0 Å². The molecular formula is C17H21Cl2N5O2. The van der Waals surface area contributed by atoms with Crippen molar-refractivity contribution in [3.8, 4) is 11.3 Å². The summed E-state index contributed by atoms with van der Waals surface area (Å²) in [5.74, 6) is 1.31. The van der Waals surface area contributed by atoms with E-state index in [0.29, 0.717) is 52.6 Å². The Kier molecular flexibility index (Phi) is 6.26. The predicted octanol–water partition coefficient (Wildman–Crippen LogP) is 1.91. The van der Waals surface area contributed by atoms with Gasteiger partial charge in [-0.2, -0.15) is 0 Å². The fourth-order valence-electron chi connectivity index (χ4n) is 3.09. The number of aliphatic hydroxyl groups excluding tert-OH is 1. The Morgan fingerprint density at radius 2 is 2.12 bits per heavy atom. The number of methoxy groups -OCH3 is 1. The third-order valence-electron chi connectivity index (χ3n) is 4.30. The van der Waals surface area contributed by atoms with Crippen LogP contribution >= 0.6 is 23.2 Å². The van der Waals surface area contributed by atoms with Crippen LogP contribution in [0, 0.1) is 5.92 Å². The molecule has 2 heterocycles. The van der Waals surface area contributed by atoms with Gasteiger partial charge in [-0.05, 0) is 12.0 Å². The normalized spacial score (nSPS) is 16.5. The number of hydrogen-bond acceptors (Lipinski definition) is 7. The molecule has 1 atom stereocenters. The van der Waals surface area contributed by atoms with Crippen LogP contribution in [-0.2, 0) is 11.2 Å². The molecule has 1 aliphatic rings. The van der Waals surface area contributed by atoms with Gasteiger partial charge >= 0.3 is 0 Å². The lowest BCUT2D eigenvalue weighted by Crippen LogP contribution is -2.51. The third kappa shape index (κ3) is 4.42. The molecule has 0 amide bonds. The largest absolute Gasteiger partial charge is 0.389 e. The third-order valence-corrected chi connectivity index (χ3v) is 5.12. The zero-order chi connectivity index (χ0) is 18.7. The van der Waals surface area contributed by atoms with Crippen LogP contribution in [0.4, 0.5) is 5.82 Å². The Labute approximate surface area is 162 Å². The highest BCUT2D eigenvalue weighted by atomic mass is 35.5. The highest BCUT2D eigenvalue weighted by molar-refractivity contribution is 6.43. The number of ether oxygens (including phenoxy) is 1. The fraction of sp³-hybridized carbons (Fsp3) is 0.471. The number of nitrogen functional groups attached to an aromatic ring is 1. The van der Waals surface area contributed by atoms with Crippen molar-refractivity contribution in [2.24, 2.45) is 5.92 Å². The summed E-state index contributed by atoms with van der Waals surface area (Å²) in [5.41, 5.74) is 7.11. The van der Waals surface area contributed by atoms with E-state index in [1.165, 1.54) is 0 Å². The van der Waals surface area contributed by atoms with Gasteiger partial charge in [0.1, 0.15) is 5.69 Å². The van der Waals surface area contributed by atoms with E-state index in [-0.39, 0.29) is 5.82 Å². The number of benzene rings is 1. The van der Waals surface area contributed by atoms with Gasteiger partial charge in [0.05, 0.1) is 22.8 Å². The Morgan fingerprint density at radius 1 is 1.35 bits per heavy atom. The number of nitrogens with zero attached hydrogens (tertiary/aromatic N) is 4. The Balaban J connectivity index is 1.60. The highest BCUT2D eigenvalue weighted by Crippen LogP contribution is 2.34. The van der Waals surface area contributed by atoms with Crippen LogP contribution in [-0.4, -0.2) is 64.6 Å². The summed E-state index contributed by atoms with van der Waals surface area (Å²) >= 11 is 12.3. The van der Waals surface area contributed by atoms with Crippen LogP contribution in [0.25, 0.3) is 11.3 Å². The summed E-state index contributed by atoms with van der Waals surface area (Å²) in [5, 5.41) is 18.9. The molecule has 0 radical (unpaired) electrons. The summed E-state index contributed by atoms with van der Waals surface area (Å²) in [4.78, 5) is 6.54. The van der Waals surface area contributed by atoms with Gasteiger partial charge in [-0.15, -0.1) is 10.2 Å². The lowest BCUT2D eigenvalue weighted by Gasteiger charge is -2.39. The minimum Gasteiger partial charge on any atom is -0.389 e. The topological polar surface area (TPSA) is 97.4 Å². The molecule has 0 bridgehead atoms. The van der Waals surface area contributed by atoms with Crippen LogP contribution in [0.15, 0.2) is 18.2 Å². The smallest absolute Gasteiger partial charge is 0.154 e. The van der Waals surface area contributed by atoms with Gasteiger partial charge in [-0.25, -0.2) is 4.98 Å². The van der Waals surface area contributed by atoms with Crippen LogP contribution in [0.5, 0.6) is 0 Å². The molecule has 1 aromatic heterocycles. The van der Waals surface area contributed by atoms with Crippen molar-refractivity contribution >= 4 is 29.0 Å². The van der Waals surface area contributed by atoms with Crippen molar-refractivity contribution in [2.75, 3.05) is 39.1 Å².